The van der Waals surface area contributed by atoms with Crippen LogP contribution in [0.15, 0.2) is 24.3 Å². The summed E-state index contributed by atoms with van der Waals surface area (Å²) in [5.74, 6) is -0.274. The van der Waals surface area contributed by atoms with Gasteiger partial charge in [-0.2, -0.15) is 0 Å². The monoisotopic (exact) mass is 279 g/mol. The second kappa shape index (κ2) is 4.66. The van der Waals surface area contributed by atoms with Gasteiger partial charge in [-0.05, 0) is 0 Å². The van der Waals surface area contributed by atoms with E-state index in [1.165, 1.54) is 7.11 Å². The van der Waals surface area contributed by atoms with Gasteiger partial charge >= 0.3 is 5.97 Å². The summed E-state index contributed by atoms with van der Waals surface area (Å²) in [7, 11) is 5.48. The molecule has 2 aliphatic heterocycles. The number of quaternary nitrogens is 1. The average molecular weight is 279 g/mol. The van der Waals surface area contributed by atoms with Gasteiger partial charge in [0.15, 0.2) is 6.04 Å². The highest BCUT2D eigenvalue weighted by Gasteiger charge is 2.60. The first-order valence-electron chi connectivity index (χ1n) is 6.52. The van der Waals surface area contributed by atoms with E-state index < -0.39 is 0 Å². The van der Waals surface area contributed by atoms with Crippen molar-refractivity contribution < 1.29 is 23.5 Å². The van der Waals surface area contributed by atoms with Gasteiger partial charge < -0.3 is 13.9 Å². The molecule has 0 aromatic heterocycles. The van der Waals surface area contributed by atoms with Gasteiger partial charge in [-0.1, -0.05) is 24.3 Å². The molecule has 2 heterocycles. The maximum absolute atomic E-state index is 12.6. The lowest BCUT2D eigenvalue weighted by atomic mass is 9.88. The largest absolute Gasteiger partial charge is 1.00 e. The molecule has 2 aliphatic rings. The predicted octanol–water partition coefficient (Wildman–Crippen LogP) is -1.43. The van der Waals surface area contributed by atoms with Gasteiger partial charge in [0.25, 0.3) is 0 Å². The number of rotatable bonds is 1. The third-order valence-electron chi connectivity index (χ3n) is 4.73. The number of methoxy groups -OCH3 is 1. The van der Waals surface area contributed by atoms with Gasteiger partial charge in [-0.3, -0.25) is 9.59 Å². The van der Waals surface area contributed by atoms with Gasteiger partial charge in [0.1, 0.15) is 12.0 Å². The minimum absolute atomic E-state index is 0. The number of nitrogens with zero attached hydrogens (tertiary/aromatic N) is 1. The number of carbonyl (C=O) groups is 2. The molecule has 3 atom stereocenters. The van der Waals surface area contributed by atoms with Crippen LogP contribution in [-0.2, 0) is 9.53 Å². The number of Topliss-reactive ketones (excluding diaryl/α,β-unsaturated/α-hetero) is 1. The Bertz CT molecular complexity index is 570. The molecular formula is C15H18FNO3. The Hall–Kier alpha value is -1.75. The first-order chi connectivity index (χ1) is 8.98. The van der Waals surface area contributed by atoms with E-state index in [4.69, 9.17) is 4.74 Å². The summed E-state index contributed by atoms with van der Waals surface area (Å²) >= 11 is 0. The van der Waals surface area contributed by atoms with E-state index in [1.54, 1.807) is 0 Å². The molecule has 5 heteroatoms. The minimum Gasteiger partial charge on any atom is -1.00 e. The third-order valence-corrected chi connectivity index (χ3v) is 4.73. The third kappa shape index (κ3) is 1.69. The zero-order chi connectivity index (χ0) is 13.8. The first kappa shape index (κ1) is 14.7. The van der Waals surface area contributed by atoms with Crippen molar-refractivity contribution in [2.24, 2.45) is 5.92 Å². The SMILES string of the molecule is COC(=O)[C@H]1CC2C(=O)c3ccccc3C1[N+]2(C)C.[F-]. The summed E-state index contributed by atoms with van der Waals surface area (Å²) in [6.07, 6.45) is 0.581. The second-order valence-electron chi connectivity index (χ2n) is 5.91. The molecular weight excluding hydrogens is 261 g/mol. The lowest BCUT2D eigenvalue weighted by Gasteiger charge is -2.41. The topological polar surface area (TPSA) is 43.4 Å². The van der Waals surface area contributed by atoms with Gasteiger partial charge in [-0.25, -0.2) is 0 Å². The van der Waals surface area contributed by atoms with Crippen LogP contribution in [0.2, 0.25) is 0 Å². The van der Waals surface area contributed by atoms with Crippen LogP contribution in [0.5, 0.6) is 0 Å². The molecule has 0 amide bonds. The van der Waals surface area contributed by atoms with Crippen molar-refractivity contribution in [1.29, 1.82) is 0 Å². The molecule has 2 bridgehead atoms. The van der Waals surface area contributed by atoms with Crippen molar-refractivity contribution in [2.45, 2.75) is 18.5 Å². The summed E-state index contributed by atoms with van der Waals surface area (Å²) in [4.78, 5) is 24.6. The van der Waals surface area contributed by atoms with Gasteiger partial charge in [0.2, 0.25) is 5.78 Å². The Kier molecular flexibility index (Phi) is 3.42. The van der Waals surface area contributed by atoms with Gasteiger partial charge in [0, 0.05) is 17.5 Å². The summed E-state index contributed by atoms with van der Waals surface area (Å²) in [5, 5.41) is 0. The average Bonchev–Trinajstić information content (AvgIpc) is 2.58. The number of halogens is 1. The molecule has 0 radical (unpaired) electrons. The summed E-state index contributed by atoms with van der Waals surface area (Å²) in [6, 6.07) is 7.54. The fourth-order valence-corrected chi connectivity index (χ4v) is 3.82. The molecule has 2 unspecified atom stereocenters. The Balaban J connectivity index is 0.00000147. The number of likely N-dealkylation sites (N-methyl/N-ethyl adjacent to an activating group) is 1. The zero-order valence-corrected chi connectivity index (χ0v) is 11.8. The van der Waals surface area contributed by atoms with E-state index in [-0.39, 0.29) is 34.5 Å². The molecule has 1 fully saturated rings. The Morgan fingerprint density at radius 1 is 1.30 bits per heavy atom. The summed E-state index contributed by atoms with van der Waals surface area (Å²) in [5.41, 5.74) is 1.77. The maximum atomic E-state index is 12.6. The molecule has 4 nitrogen and oxygen atoms in total. The van der Waals surface area contributed by atoms with E-state index >= 15 is 0 Å². The highest BCUT2D eigenvalue weighted by atomic mass is 19.0. The molecule has 0 saturated carbocycles. The van der Waals surface area contributed by atoms with Crippen LogP contribution < -0.4 is 4.70 Å². The van der Waals surface area contributed by atoms with E-state index in [0.717, 1.165) is 11.1 Å². The van der Waals surface area contributed by atoms with Crippen molar-refractivity contribution in [3.8, 4) is 0 Å². The smallest absolute Gasteiger partial charge is 0.315 e. The number of benzene rings is 1. The van der Waals surface area contributed by atoms with E-state index in [9.17, 15) is 9.59 Å². The van der Waals surface area contributed by atoms with E-state index in [0.29, 0.717) is 10.9 Å². The minimum atomic E-state index is -0.224. The highest BCUT2D eigenvalue weighted by molar-refractivity contribution is 6.02. The molecule has 0 spiro atoms. The zero-order valence-electron chi connectivity index (χ0n) is 11.8. The van der Waals surface area contributed by atoms with Crippen molar-refractivity contribution in [3.63, 3.8) is 0 Å². The second-order valence-corrected chi connectivity index (χ2v) is 5.91. The molecule has 1 saturated heterocycles. The van der Waals surface area contributed by atoms with Crippen molar-refractivity contribution in [3.05, 3.63) is 35.4 Å². The number of ketones is 1. The Morgan fingerprint density at radius 3 is 2.60 bits per heavy atom. The van der Waals surface area contributed by atoms with Crippen molar-refractivity contribution >= 4 is 11.8 Å². The van der Waals surface area contributed by atoms with Crippen LogP contribution in [0.4, 0.5) is 0 Å². The molecule has 3 rings (SSSR count). The highest BCUT2D eigenvalue weighted by Crippen LogP contribution is 2.50. The summed E-state index contributed by atoms with van der Waals surface area (Å²) in [6.45, 7) is 0. The molecule has 108 valence electrons. The number of esters is 1. The van der Waals surface area contributed by atoms with E-state index in [1.807, 2.05) is 38.4 Å². The van der Waals surface area contributed by atoms with Gasteiger partial charge in [-0.15, -0.1) is 0 Å². The Labute approximate surface area is 117 Å². The number of hydrogen-bond donors (Lipinski definition) is 0. The maximum Gasteiger partial charge on any atom is 0.315 e. The quantitative estimate of drug-likeness (QED) is 0.467. The normalized spacial score (nSPS) is 29.4. The van der Waals surface area contributed by atoms with Crippen molar-refractivity contribution in [2.75, 3.05) is 21.2 Å². The predicted molar refractivity (Wildman–Crippen MR) is 69.5 cm³/mol. The first-order valence-corrected chi connectivity index (χ1v) is 6.52. The fraction of sp³-hybridized carbons (Fsp3) is 0.467. The van der Waals surface area contributed by atoms with E-state index in [2.05, 4.69) is 0 Å². The van der Waals surface area contributed by atoms with Crippen LogP contribution in [0.3, 0.4) is 0 Å². The van der Waals surface area contributed by atoms with Crippen molar-refractivity contribution in [1.82, 2.24) is 0 Å². The van der Waals surface area contributed by atoms with Gasteiger partial charge in [0.05, 0.1) is 21.2 Å². The Morgan fingerprint density at radius 2 is 1.95 bits per heavy atom. The standard InChI is InChI=1S/C15H18NO3.FH/c1-16(2)12-8-11(15(18)19-3)13(16)9-6-4-5-7-10(9)14(12)17;/h4-7,11-13H,8H2,1-3H3;1H/q+1;/p-1/t11-,12?,13?;/m0./s1. The lowest BCUT2D eigenvalue weighted by molar-refractivity contribution is -0.924. The lowest BCUT2D eigenvalue weighted by Crippen LogP contribution is -3.00. The molecule has 0 N–H and O–H groups in total. The summed E-state index contributed by atoms with van der Waals surface area (Å²) < 4.78 is 5.48. The number of carbonyl (C=O) groups excluding carboxylic acids is 2. The molecule has 0 aliphatic carbocycles. The fourth-order valence-electron chi connectivity index (χ4n) is 3.82. The van der Waals surface area contributed by atoms with Crippen LogP contribution in [0, 0.1) is 5.92 Å². The molecule has 1 aromatic rings. The van der Waals surface area contributed by atoms with Crippen LogP contribution >= 0.6 is 0 Å². The number of ether oxygens (including phenoxy) is 1. The number of hydrogen-bond acceptors (Lipinski definition) is 3. The molecule has 1 aromatic carbocycles. The number of fused-ring (bicyclic) bond motifs is 4. The van der Waals surface area contributed by atoms with Crippen LogP contribution in [-0.4, -0.2) is 43.5 Å². The molecule has 20 heavy (non-hydrogen) atoms. The van der Waals surface area contributed by atoms with Crippen LogP contribution in [0.25, 0.3) is 0 Å². The van der Waals surface area contributed by atoms with Crippen LogP contribution in [0.1, 0.15) is 28.4 Å².